The monoisotopic (exact) mass is 218 g/mol. The van der Waals surface area contributed by atoms with Crippen LogP contribution in [-0.2, 0) is 14.3 Å². The summed E-state index contributed by atoms with van der Waals surface area (Å²) in [7, 11) is 1.32. The molecule has 0 spiro atoms. The van der Waals surface area contributed by atoms with Crippen molar-refractivity contribution >= 4 is 11.6 Å². The van der Waals surface area contributed by atoms with Crippen molar-refractivity contribution in [3.8, 4) is 0 Å². The predicted molar refractivity (Wildman–Crippen MR) is 53.4 cm³/mol. The summed E-state index contributed by atoms with van der Waals surface area (Å²) in [5.74, 6) is -1.21. The van der Waals surface area contributed by atoms with Gasteiger partial charge in [0.05, 0.1) is 6.10 Å². The number of rotatable bonds is 6. The number of Topliss-reactive ketones (excluding diaryl/α,β-unsaturated/α-hetero) is 2. The number of hydrogen-bond donors (Lipinski definition) is 2. The van der Waals surface area contributed by atoms with Gasteiger partial charge >= 0.3 is 0 Å². The molecule has 0 unspecified atom stereocenters. The van der Waals surface area contributed by atoms with Crippen LogP contribution in [-0.4, -0.2) is 46.7 Å². The summed E-state index contributed by atoms with van der Waals surface area (Å²) in [4.78, 5) is 22.0. The van der Waals surface area contributed by atoms with Crippen LogP contribution in [0.15, 0.2) is 0 Å². The smallest absolute Gasteiger partial charge is 0.201 e. The standard InChI is InChI=1S/C10H18O5/c1-6(11)8(13)5-10(3,15-4)9(14)7(2)12/h7,9,12,14H,5H2,1-4H3/t7-,9-,10+/m0/s1. The Hall–Kier alpha value is -0.780. The van der Waals surface area contributed by atoms with Gasteiger partial charge in [0.25, 0.3) is 0 Å². The molecule has 0 aromatic rings. The van der Waals surface area contributed by atoms with E-state index in [1.165, 1.54) is 21.0 Å². The number of aliphatic hydroxyl groups excluding tert-OH is 2. The topological polar surface area (TPSA) is 83.8 Å². The lowest BCUT2D eigenvalue weighted by Gasteiger charge is -2.33. The van der Waals surface area contributed by atoms with E-state index in [0.717, 1.165) is 6.92 Å². The van der Waals surface area contributed by atoms with Gasteiger partial charge in [-0.1, -0.05) is 0 Å². The van der Waals surface area contributed by atoms with Gasteiger partial charge in [0.15, 0.2) is 5.78 Å². The Morgan fingerprint density at radius 3 is 2.13 bits per heavy atom. The summed E-state index contributed by atoms with van der Waals surface area (Å²) < 4.78 is 5.00. The van der Waals surface area contributed by atoms with E-state index in [-0.39, 0.29) is 6.42 Å². The maximum Gasteiger partial charge on any atom is 0.201 e. The van der Waals surface area contributed by atoms with Crippen molar-refractivity contribution in [3.05, 3.63) is 0 Å². The minimum absolute atomic E-state index is 0.245. The lowest BCUT2D eigenvalue weighted by Crippen LogP contribution is -2.49. The largest absolute Gasteiger partial charge is 0.391 e. The maximum atomic E-state index is 11.2. The molecule has 0 rings (SSSR count). The van der Waals surface area contributed by atoms with Crippen LogP contribution >= 0.6 is 0 Å². The van der Waals surface area contributed by atoms with Gasteiger partial charge in [-0.15, -0.1) is 0 Å². The first-order valence-corrected chi connectivity index (χ1v) is 4.69. The summed E-state index contributed by atoms with van der Waals surface area (Å²) in [5.41, 5.74) is -1.24. The van der Waals surface area contributed by atoms with Crippen molar-refractivity contribution in [2.45, 2.75) is 45.0 Å². The molecule has 0 aliphatic carbocycles. The van der Waals surface area contributed by atoms with Crippen LogP contribution in [0.25, 0.3) is 0 Å². The Balaban J connectivity index is 4.71. The molecular formula is C10H18O5. The third kappa shape index (κ3) is 3.70. The summed E-state index contributed by atoms with van der Waals surface area (Å²) >= 11 is 0. The van der Waals surface area contributed by atoms with Gasteiger partial charge in [0.2, 0.25) is 5.78 Å². The summed E-state index contributed by atoms with van der Waals surface area (Å²) in [5, 5.41) is 18.9. The number of hydrogen-bond acceptors (Lipinski definition) is 5. The van der Waals surface area contributed by atoms with E-state index in [9.17, 15) is 19.8 Å². The first-order chi connectivity index (χ1) is 6.74. The third-order valence-electron chi connectivity index (χ3n) is 2.45. The molecule has 5 heteroatoms. The van der Waals surface area contributed by atoms with Crippen LogP contribution in [0.5, 0.6) is 0 Å². The second kappa shape index (κ2) is 5.34. The fourth-order valence-corrected chi connectivity index (χ4v) is 1.25. The quantitative estimate of drug-likeness (QED) is 0.597. The van der Waals surface area contributed by atoms with Crippen molar-refractivity contribution < 1.29 is 24.5 Å². The van der Waals surface area contributed by atoms with E-state index >= 15 is 0 Å². The zero-order valence-corrected chi connectivity index (χ0v) is 9.48. The lowest BCUT2D eigenvalue weighted by molar-refractivity contribution is -0.152. The van der Waals surface area contributed by atoms with Crippen LogP contribution in [0, 0.1) is 0 Å². The minimum Gasteiger partial charge on any atom is -0.391 e. The summed E-state index contributed by atoms with van der Waals surface area (Å²) in [6.07, 6.45) is -2.49. The molecule has 2 N–H and O–H groups in total. The molecule has 0 amide bonds. The average molecular weight is 218 g/mol. The highest BCUT2D eigenvalue weighted by molar-refractivity contribution is 6.36. The van der Waals surface area contributed by atoms with Crippen LogP contribution in [0.1, 0.15) is 27.2 Å². The van der Waals surface area contributed by atoms with Crippen LogP contribution in [0.2, 0.25) is 0 Å². The molecule has 0 bridgehead atoms. The molecule has 0 saturated carbocycles. The second-order valence-electron chi connectivity index (χ2n) is 3.86. The van der Waals surface area contributed by atoms with Crippen molar-refractivity contribution in [1.29, 1.82) is 0 Å². The fraction of sp³-hybridized carbons (Fsp3) is 0.800. The zero-order valence-electron chi connectivity index (χ0n) is 9.48. The lowest BCUT2D eigenvalue weighted by atomic mass is 9.89. The molecule has 0 heterocycles. The van der Waals surface area contributed by atoms with Gasteiger partial charge in [-0.25, -0.2) is 0 Å². The van der Waals surface area contributed by atoms with Gasteiger partial charge in [0, 0.05) is 20.5 Å². The Morgan fingerprint density at radius 2 is 1.87 bits per heavy atom. The van der Waals surface area contributed by atoms with E-state index in [1.54, 1.807) is 0 Å². The molecule has 0 aliphatic heterocycles. The summed E-state index contributed by atoms with van der Waals surface area (Å²) in [6, 6.07) is 0. The van der Waals surface area contributed by atoms with Gasteiger partial charge in [-0.3, -0.25) is 9.59 Å². The first-order valence-electron chi connectivity index (χ1n) is 4.69. The van der Waals surface area contributed by atoms with Gasteiger partial charge in [-0.2, -0.15) is 0 Å². The highest BCUT2D eigenvalue weighted by atomic mass is 16.5. The van der Waals surface area contributed by atoms with E-state index in [0.29, 0.717) is 0 Å². The van der Waals surface area contributed by atoms with Crippen LogP contribution < -0.4 is 0 Å². The normalized spacial score (nSPS) is 19.1. The zero-order chi connectivity index (χ0) is 12.2. The van der Waals surface area contributed by atoms with Crippen LogP contribution in [0.3, 0.4) is 0 Å². The van der Waals surface area contributed by atoms with Crippen molar-refractivity contribution in [3.63, 3.8) is 0 Å². The molecule has 0 aromatic heterocycles. The number of ether oxygens (including phenoxy) is 1. The molecule has 0 radical (unpaired) electrons. The van der Waals surface area contributed by atoms with E-state index < -0.39 is 29.4 Å². The van der Waals surface area contributed by atoms with E-state index in [1.807, 2.05) is 0 Å². The van der Waals surface area contributed by atoms with Gasteiger partial charge < -0.3 is 14.9 Å². The molecule has 5 nitrogen and oxygen atoms in total. The molecule has 15 heavy (non-hydrogen) atoms. The number of ketones is 2. The highest BCUT2D eigenvalue weighted by Crippen LogP contribution is 2.22. The molecule has 0 saturated heterocycles. The Kier molecular flexibility index (Phi) is 5.07. The fourth-order valence-electron chi connectivity index (χ4n) is 1.25. The number of carbonyl (C=O) groups excluding carboxylic acids is 2. The van der Waals surface area contributed by atoms with Gasteiger partial charge in [-0.05, 0) is 13.8 Å². The highest BCUT2D eigenvalue weighted by Gasteiger charge is 2.38. The van der Waals surface area contributed by atoms with Gasteiger partial charge in [0.1, 0.15) is 11.7 Å². The number of carbonyl (C=O) groups is 2. The number of methoxy groups -OCH3 is 1. The molecule has 0 aliphatic rings. The van der Waals surface area contributed by atoms with Crippen molar-refractivity contribution in [2.24, 2.45) is 0 Å². The Bertz CT molecular complexity index is 248. The minimum atomic E-state index is -1.24. The molecule has 0 fully saturated rings. The molecular weight excluding hydrogens is 200 g/mol. The van der Waals surface area contributed by atoms with Crippen LogP contribution in [0.4, 0.5) is 0 Å². The average Bonchev–Trinajstić information content (AvgIpc) is 2.15. The number of aliphatic hydroxyl groups is 2. The van der Waals surface area contributed by atoms with Crippen molar-refractivity contribution in [2.75, 3.05) is 7.11 Å². The van der Waals surface area contributed by atoms with E-state index in [2.05, 4.69) is 0 Å². The molecule has 88 valence electrons. The SMILES string of the molecule is CO[C@](C)(CC(=O)C(C)=O)[C@@H](O)[C@H](C)O. The Labute approximate surface area is 89.0 Å². The van der Waals surface area contributed by atoms with Crippen molar-refractivity contribution in [1.82, 2.24) is 0 Å². The maximum absolute atomic E-state index is 11.2. The van der Waals surface area contributed by atoms with E-state index in [4.69, 9.17) is 4.74 Å². The predicted octanol–water partition coefficient (Wildman–Crippen LogP) is -0.319. The summed E-state index contributed by atoms with van der Waals surface area (Å²) in [6.45, 7) is 4.03. The molecule has 0 aromatic carbocycles. The first kappa shape index (κ1) is 14.2. The third-order valence-corrected chi connectivity index (χ3v) is 2.45. The molecule has 3 atom stereocenters. The Morgan fingerprint density at radius 1 is 1.40 bits per heavy atom. The second-order valence-corrected chi connectivity index (χ2v) is 3.86.